The molecular formula is C14H21NO2. The van der Waals surface area contributed by atoms with E-state index >= 15 is 0 Å². The lowest BCUT2D eigenvalue weighted by atomic mass is 10.0. The molecule has 1 aliphatic carbocycles. The van der Waals surface area contributed by atoms with Gasteiger partial charge < -0.3 is 15.6 Å². The van der Waals surface area contributed by atoms with Crippen LogP contribution in [-0.4, -0.2) is 17.8 Å². The first-order valence-corrected chi connectivity index (χ1v) is 6.41. The largest absolute Gasteiger partial charge is 0.489 e. The van der Waals surface area contributed by atoms with Gasteiger partial charge in [0.2, 0.25) is 0 Å². The van der Waals surface area contributed by atoms with Gasteiger partial charge in [0.05, 0.1) is 11.8 Å². The number of hydrogen-bond acceptors (Lipinski definition) is 3. The molecule has 1 saturated carbocycles. The van der Waals surface area contributed by atoms with Crippen LogP contribution in [0.25, 0.3) is 0 Å². The lowest BCUT2D eigenvalue weighted by Gasteiger charge is -2.16. The van der Waals surface area contributed by atoms with Crippen molar-refractivity contribution in [1.29, 1.82) is 0 Å². The topological polar surface area (TPSA) is 55.5 Å². The van der Waals surface area contributed by atoms with Crippen molar-refractivity contribution in [3.05, 3.63) is 24.3 Å². The van der Waals surface area contributed by atoms with Crippen LogP contribution < -0.4 is 10.5 Å². The molecule has 1 unspecified atom stereocenters. The average Bonchev–Trinajstić information content (AvgIpc) is 2.81. The van der Waals surface area contributed by atoms with E-state index in [1.807, 2.05) is 18.2 Å². The molecular weight excluding hydrogens is 214 g/mol. The molecule has 0 saturated heterocycles. The molecule has 1 aromatic carbocycles. The zero-order valence-electron chi connectivity index (χ0n) is 10.1. The van der Waals surface area contributed by atoms with E-state index in [1.165, 1.54) is 25.7 Å². The summed E-state index contributed by atoms with van der Waals surface area (Å²) in [6.45, 7) is 0.338. The minimum atomic E-state index is -0.377. The maximum absolute atomic E-state index is 9.90. The Morgan fingerprint density at radius 1 is 1.29 bits per heavy atom. The molecule has 0 radical (unpaired) electrons. The fraction of sp³-hybridized carbons (Fsp3) is 0.571. The summed E-state index contributed by atoms with van der Waals surface area (Å²) in [6.07, 6.45) is 5.60. The number of nitrogens with two attached hydrogens (primary N) is 1. The van der Waals surface area contributed by atoms with Gasteiger partial charge in [-0.15, -0.1) is 0 Å². The molecule has 1 aliphatic rings. The summed E-state index contributed by atoms with van der Waals surface area (Å²) in [5, 5.41) is 9.90. The third kappa shape index (κ3) is 3.63. The number of aliphatic hydroxyl groups excluding tert-OH is 1. The van der Waals surface area contributed by atoms with E-state index in [1.54, 1.807) is 6.07 Å². The highest BCUT2D eigenvalue weighted by Gasteiger charge is 2.19. The van der Waals surface area contributed by atoms with Gasteiger partial charge in [-0.1, -0.05) is 37.8 Å². The van der Waals surface area contributed by atoms with E-state index < -0.39 is 0 Å². The lowest BCUT2D eigenvalue weighted by molar-refractivity contribution is 0.0859. The van der Waals surface area contributed by atoms with Crippen LogP contribution in [0.5, 0.6) is 5.75 Å². The van der Waals surface area contributed by atoms with E-state index in [2.05, 4.69) is 0 Å². The Labute approximate surface area is 103 Å². The van der Waals surface area contributed by atoms with Crippen LogP contribution in [-0.2, 0) is 0 Å². The molecule has 94 valence electrons. The van der Waals surface area contributed by atoms with E-state index in [-0.39, 0.29) is 6.10 Å². The SMILES string of the molecule is Nc1ccccc1OCC(O)CC1CCCC1. The second kappa shape index (κ2) is 5.92. The second-order valence-corrected chi connectivity index (χ2v) is 4.89. The van der Waals surface area contributed by atoms with Gasteiger partial charge >= 0.3 is 0 Å². The van der Waals surface area contributed by atoms with E-state index in [0.29, 0.717) is 24.0 Å². The zero-order valence-corrected chi connectivity index (χ0v) is 10.1. The Hall–Kier alpha value is -1.22. The molecule has 3 heteroatoms. The van der Waals surface area contributed by atoms with Crippen LogP contribution in [0.15, 0.2) is 24.3 Å². The predicted molar refractivity (Wildman–Crippen MR) is 68.9 cm³/mol. The van der Waals surface area contributed by atoms with Crippen LogP contribution in [0.3, 0.4) is 0 Å². The third-order valence-electron chi connectivity index (χ3n) is 3.43. The minimum absolute atomic E-state index is 0.338. The molecule has 0 aromatic heterocycles. The molecule has 0 aliphatic heterocycles. The molecule has 17 heavy (non-hydrogen) atoms. The summed E-state index contributed by atoms with van der Waals surface area (Å²) in [4.78, 5) is 0. The first-order valence-electron chi connectivity index (χ1n) is 6.41. The molecule has 3 N–H and O–H groups in total. The first-order chi connectivity index (χ1) is 8.25. The Morgan fingerprint density at radius 3 is 2.71 bits per heavy atom. The fourth-order valence-corrected chi connectivity index (χ4v) is 2.50. The molecule has 0 heterocycles. The number of hydrogen-bond donors (Lipinski definition) is 2. The van der Waals surface area contributed by atoms with Crippen LogP contribution in [0.2, 0.25) is 0 Å². The van der Waals surface area contributed by atoms with E-state index in [9.17, 15) is 5.11 Å². The summed E-state index contributed by atoms with van der Waals surface area (Å²) in [5.41, 5.74) is 6.39. The van der Waals surface area contributed by atoms with Crippen LogP contribution in [0, 0.1) is 5.92 Å². The van der Waals surface area contributed by atoms with Crippen molar-refractivity contribution < 1.29 is 9.84 Å². The van der Waals surface area contributed by atoms with Crippen molar-refractivity contribution in [3.8, 4) is 5.75 Å². The second-order valence-electron chi connectivity index (χ2n) is 4.89. The smallest absolute Gasteiger partial charge is 0.142 e. The highest BCUT2D eigenvalue weighted by molar-refractivity contribution is 5.51. The van der Waals surface area contributed by atoms with Gasteiger partial charge in [-0.3, -0.25) is 0 Å². The fourth-order valence-electron chi connectivity index (χ4n) is 2.50. The monoisotopic (exact) mass is 235 g/mol. The summed E-state index contributed by atoms with van der Waals surface area (Å²) >= 11 is 0. The number of ether oxygens (including phenoxy) is 1. The van der Waals surface area contributed by atoms with Crippen molar-refractivity contribution in [3.63, 3.8) is 0 Å². The number of para-hydroxylation sites is 2. The van der Waals surface area contributed by atoms with Crippen LogP contribution in [0.4, 0.5) is 5.69 Å². The first kappa shape index (κ1) is 12.2. The molecule has 1 fully saturated rings. The predicted octanol–water partition coefficient (Wildman–Crippen LogP) is 2.59. The summed E-state index contributed by atoms with van der Waals surface area (Å²) < 4.78 is 5.53. The van der Waals surface area contributed by atoms with Gasteiger partial charge in [-0.25, -0.2) is 0 Å². The Balaban J connectivity index is 1.75. The Bertz CT molecular complexity index is 348. The van der Waals surface area contributed by atoms with Crippen molar-refractivity contribution in [2.75, 3.05) is 12.3 Å². The van der Waals surface area contributed by atoms with E-state index in [0.717, 1.165) is 6.42 Å². The standard InChI is InChI=1S/C14H21NO2/c15-13-7-3-4-8-14(13)17-10-12(16)9-11-5-1-2-6-11/h3-4,7-8,11-12,16H,1-2,5-6,9-10,15H2. The quantitative estimate of drug-likeness (QED) is 0.771. The van der Waals surface area contributed by atoms with Crippen molar-refractivity contribution >= 4 is 5.69 Å². The van der Waals surface area contributed by atoms with Gasteiger partial charge in [0.1, 0.15) is 12.4 Å². The molecule has 3 nitrogen and oxygen atoms in total. The zero-order chi connectivity index (χ0) is 12.1. The van der Waals surface area contributed by atoms with E-state index in [4.69, 9.17) is 10.5 Å². The highest BCUT2D eigenvalue weighted by Crippen LogP contribution is 2.29. The number of anilines is 1. The number of benzene rings is 1. The molecule has 1 aromatic rings. The highest BCUT2D eigenvalue weighted by atomic mass is 16.5. The molecule has 0 spiro atoms. The van der Waals surface area contributed by atoms with Crippen LogP contribution in [0.1, 0.15) is 32.1 Å². The third-order valence-corrected chi connectivity index (χ3v) is 3.43. The van der Waals surface area contributed by atoms with Gasteiger partial charge in [0.25, 0.3) is 0 Å². The summed E-state index contributed by atoms with van der Waals surface area (Å²) in [6, 6.07) is 7.39. The number of aliphatic hydroxyl groups is 1. The van der Waals surface area contributed by atoms with Crippen LogP contribution >= 0.6 is 0 Å². The van der Waals surface area contributed by atoms with Gasteiger partial charge in [0, 0.05) is 0 Å². The van der Waals surface area contributed by atoms with Gasteiger partial charge in [-0.05, 0) is 24.5 Å². The lowest BCUT2D eigenvalue weighted by Crippen LogP contribution is -2.20. The molecule has 1 atom stereocenters. The Morgan fingerprint density at radius 2 is 2.00 bits per heavy atom. The van der Waals surface area contributed by atoms with Gasteiger partial charge in [0.15, 0.2) is 0 Å². The average molecular weight is 235 g/mol. The van der Waals surface area contributed by atoms with Gasteiger partial charge in [-0.2, -0.15) is 0 Å². The molecule has 2 rings (SSSR count). The minimum Gasteiger partial charge on any atom is -0.489 e. The normalized spacial score (nSPS) is 18.2. The Kier molecular flexibility index (Phi) is 4.26. The maximum atomic E-state index is 9.90. The molecule has 0 amide bonds. The number of rotatable bonds is 5. The van der Waals surface area contributed by atoms with Crippen molar-refractivity contribution in [2.24, 2.45) is 5.92 Å². The maximum Gasteiger partial charge on any atom is 0.142 e. The van der Waals surface area contributed by atoms with Crippen molar-refractivity contribution in [2.45, 2.75) is 38.2 Å². The van der Waals surface area contributed by atoms with Crippen molar-refractivity contribution in [1.82, 2.24) is 0 Å². The summed E-state index contributed by atoms with van der Waals surface area (Å²) in [7, 11) is 0. The number of nitrogen functional groups attached to an aromatic ring is 1. The summed E-state index contributed by atoms with van der Waals surface area (Å²) in [5.74, 6) is 1.35. The molecule has 0 bridgehead atoms.